The lowest BCUT2D eigenvalue weighted by Gasteiger charge is -2.34. The maximum atomic E-state index is 12.3. The molecule has 1 saturated heterocycles. The van der Waals surface area contributed by atoms with Crippen molar-refractivity contribution in [1.29, 1.82) is 0 Å². The fourth-order valence-corrected chi connectivity index (χ4v) is 3.13. The van der Waals surface area contributed by atoms with Crippen LogP contribution >= 0.6 is 0 Å². The fourth-order valence-electron chi connectivity index (χ4n) is 3.13. The summed E-state index contributed by atoms with van der Waals surface area (Å²) in [5.74, 6) is 0.839. The molecular weight excluding hydrogens is 358 g/mol. The van der Waals surface area contributed by atoms with Crippen LogP contribution in [0.5, 0.6) is 5.75 Å². The Kier molecular flexibility index (Phi) is 7.08. The summed E-state index contributed by atoms with van der Waals surface area (Å²) >= 11 is 0. The molecule has 0 unspecified atom stereocenters. The minimum atomic E-state index is -0.0218. The van der Waals surface area contributed by atoms with Crippen molar-refractivity contribution in [3.05, 3.63) is 54.0 Å². The van der Waals surface area contributed by atoms with Crippen LogP contribution in [0.3, 0.4) is 0 Å². The molecule has 3 rings (SSSR count). The predicted octanol–water partition coefficient (Wildman–Crippen LogP) is 1.93. The summed E-state index contributed by atoms with van der Waals surface area (Å²) in [7, 11) is 0. The third kappa shape index (κ3) is 5.85. The third-order valence-electron chi connectivity index (χ3n) is 4.70. The Balaban J connectivity index is 1.28. The molecule has 0 bridgehead atoms. The Morgan fingerprint density at radius 1 is 1.18 bits per heavy atom. The second-order valence-electron chi connectivity index (χ2n) is 6.95. The summed E-state index contributed by atoms with van der Waals surface area (Å²) in [6.45, 7) is 6.14. The number of hydrogen-bond donors (Lipinski definition) is 1. The molecule has 1 N–H and O–H groups in total. The van der Waals surface area contributed by atoms with Gasteiger partial charge in [-0.2, -0.15) is 0 Å². The van der Waals surface area contributed by atoms with E-state index < -0.39 is 0 Å². The first kappa shape index (κ1) is 19.9. The van der Waals surface area contributed by atoms with Crippen LogP contribution in [0.25, 0.3) is 0 Å². The van der Waals surface area contributed by atoms with Crippen LogP contribution in [-0.2, 0) is 4.79 Å². The molecular formula is C21H27N3O4. The summed E-state index contributed by atoms with van der Waals surface area (Å²) in [4.78, 5) is 28.2. The van der Waals surface area contributed by atoms with Gasteiger partial charge in [-0.3, -0.25) is 14.5 Å². The first-order chi connectivity index (χ1) is 13.6. The number of furan rings is 1. The molecule has 7 nitrogen and oxygen atoms in total. The topological polar surface area (TPSA) is 75.0 Å². The second kappa shape index (κ2) is 9.94. The molecule has 1 aliphatic rings. The molecule has 0 atom stereocenters. The predicted molar refractivity (Wildman–Crippen MR) is 105 cm³/mol. The van der Waals surface area contributed by atoms with Crippen molar-refractivity contribution in [3.63, 3.8) is 0 Å². The van der Waals surface area contributed by atoms with Gasteiger partial charge in [0, 0.05) is 32.7 Å². The summed E-state index contributed by atoms with van der Waals surface area (Å²) in [5, 5.41) is 2.93. The van der Waals surface area contributed by atoms with E-state index in [1.54, 1.807) is 11.0 Å². The maximum Gasteiger partial charge on any atom is 0.257 e. The van der Waals surface area contributed by atoms with Gasteiger partial charge in [0.25, 0.3) is 5.91 Å². The van der Waals surface area contributed by atoms with E-state index >= 15 is 0 Å². The van der Waals surface area contributed by atoms with E-state index in [0.29, 0.717) is 51.4 Å². The van der Waals surface area contributed by atoms with Crippen LogP contribution in [0, 0.1) is 6.92 Å². The molecule has 28 heavy (non-hydrogen) atoms. The van der Waals surface area contributed by atoms with Crippen molar-refractivity contribution in [3.8, 4) is 5.75 Å². The molecule has 0 spiro atoms. The SMILES string of the molecule is Cc1cccc(OCCCNC(=O)CN2CCN(C(=O)c3ccoc3)CC2)c1. The van der Waals surface area contributed by atoms with Crippen LogP contribution in [0.1, 0.15) is 22.3 Å². The lowest BCUT2D eigenvalue weighted by atomic mass is 10.2. The van der Waals surface area contributed by atoms with E-state index in [4.69, 9.17) is 9.15 Å². The van der Waals surface area contributed by atoms with Crippen molar-refractivity contribution < 1.29 is 18.7 Å². The Labute approximate surface area is 165 Å². The van der Waals surface area contributed by atoms with Gasteiger partial charge in [-0.25, -0.2) is 0 Å². The quantitative estimate of drug-likeness (QED) is 0.703. The summed E-state index contributed by atoms with van der Waals surface area (Å²) in [6, 6.07) is 9.60. The van der Waals surface area contributed by atoms with Crippen LogP contribution in [0.15, 0.2) is 47.3 Å². The fraction of sp³-hybridized carbons (Fsp3) is 0.429. The molecule has 1 fully saturated rings. The van der Waals surface area contributed by atoms with Crippen LogP contribution in [0.4, 0.5) is 0 Å². The molecule has 2 heterocycles. The van der Waals surface area contributed by atoms with Gasteiger partial charge in [0.2, 0.25) is 5.91 Å². The minimum Gasteiger partial charge on any atom is -0.494 e. The van der Waals surface area contributed by atoms with E-state index in [1.165, 1.54) is 12.5 Å². The maximum absolute atomic E-state index is 12.3. The molecule has 0 saturated carbocycles. The summed E-state index contributed by atoms with van der Waals surface area (Å²) < 4.78 is 10.6. The number of rotatable bonds is 8. The number of benzene rings is 1. The molecule has 1 aromatic heterocycles. The van der Waals surface area contributed by atoms with Crippen LogP contribution < -0.4 is 10.1 Å². The Morgan fingerprint density at radius 2 is 2.00 bits per heavy atom. The summed E-state index contributed by atoms with van der Waals surface area (Å²) in [6.07, 6.45) is 3.72. The minimum absolute atomic E-state index is 0.00478. The first-order valence-electron chi connectivity index (χ1n) is 9.62. The van der Waals surface area contributed by atoms with Gasteiger partial charge in [-0.15, -0.1) is 0 Å². The normalized spacial score (nSPS) is 14.7. The molecule has 1 aliphatic heterocycles. The van der Waals surface area contributed by atoms with Crippen LogP contribution in [0.2, 0.25) is 0 Å². The van der Waals surface area contributed by atoms with Crippen molar-refractivity contribution in [2.45, 2.75) is 13.3 Å². The standard InChI is InChI=1S/C21H27N3O4/c1-17-4-2-5-19(14-17)28-12-3-7-22-20(25)15-23-8-10-24(11-9-23)21(26)18-6-13-27-16-18/h2,4-6,13-14,16H,3,7-12,15H2,1H3,(H,22,25). The number of aryl methyl sites for hydroxylation is 1. The number of ether oxygens (including phenoxy) is 1. The lowest BCUT2D eigenvalue weighted by Crippen LogP contribution is -2.51. The van der Waals surface area contributed by atoms with Gasteiger partial charge in [-0.05, 0) is 37.1 Å². The highest BCUT2D eigenvalue weighted by Crippen LogP contribution is 2.12. The highest BCUT2D eigenvalue weighted by atomic mass is 16.5. The van der Waals surface area contributed by atoms with Gasteiger partial charge >= 0.3 is 0 Å². The van der Waals surface area contributed by atoms with E-state index in [9.17, 15) is 9.59 Å². The molecule has 150 valence electrons. The number of nitrogens with zero attached hydrogens (tertiary/aromatic N) is 2. The van der Waals surface area contributed by atoms with E-state index in [-0.39, 0.29) is 11.8 Å². The molecule has 1 aromatic carbocycles. The smallest absolute Gasteiger partial charge is 0.257 e. The Hall–Kier alpha value is -2.80. The first-order valence-corrected chi connectivity index (χ1v) is 9.62. The average Bonchev–Trinajstić information content (AvgIpc) is 3.23. The zero-order valence-corrected chi connectivity index (χ0v) is 16.2. The van der Waals surface area contributed by atoms with Crippen LogP contribution in [-0.4, -0.2) is 67.5 Å². The molecule has 0 radical (unpaired) electrons. The third-order valence-corrected chi connectivity index (χ3v) is 4.70. The monoisotopic (exact) mass is 385 g/mol. The van der Waals surface area contributed by atoms with Crippen molar-refractivity contribution in [1.82, 2.24) is 15.1 Å². The zero-order valence-electron chi connectivity index (χ0n) is 16.2. The van der Waals surface area contributed by atoms with Crippen molar-refractivity contribution >= 4 is 11.8 Å². The average molecular weight is 385 g/mol. The van der Waals surface area contributed by atoms with E-state index in [1.807, 2.05) is 31.2 Å². The van der Waals surface area contributed by atoms with Crippen molar-refractivity contribution in [2.24, 2.45) is 0 Å². The molecule has 2 aromatic rings. The largest absolute Gasteiger partial charge is 0.494 e. The van der Waals surface area contributed by atoms with Gasteiger partial charge in [0.1, 0.15) is 12.0 Å². The lowest BCUT2D eigenvalue weighted by molar-refractivity contribution is -0.122. The van der Waals surface area contributed by atoms with Gasteiger partial charge in [0.05, 0.1) is 25.0 Å². The zero-order chi connectivity index (χ0) is 19.8. The number of nitrogens with one attached hydrogen (secondary N) is 1. The van der Waals surface area contributed by atoms with E-state index in [2.05, 4.69) is 10.2 Å². The molecule has 0 aliphatic carbocycles. The molecule has 2 amide bonds. The number of hydrogen-bond acceptors (Lipinski definition) is 5. The number of amides is 2. The highest BCUT2D eigenvalue weighted by Gasteiger charge is 2.23. The number of carbonyl (C=O) groups is 2. The number of carbonyl (C=O) groups excluding carboxylic acids is 2. The highest BCUT2D eigenvalue weighted by molar-refractivity contribution is 5.93. The Bertz CT molecular complexity index is 768. The molecule has 7 heteroatoms. The second-order valence-corrected chi connectivity index (χ2v) is 6.95. The van der Waals surface area contributed by atoms with Gasteiger partial charge in [0.15, 0.2) is 0 Å². The van der Waals surface area contributed by atoms with Gasteiger partial charge < -0.3 is 19.4 Å². The van der Waals surface area contributed by atoms with E-state index in [0.717, 1.165) is 17.7 Å². The number of piperazine rings is 1. The summed E-state index contributed by atoms with van der Waals surface area (Å²) in [5.41, 5.74) is 1.73. The van der Waals surface area contributed by atoms with Gasteiger partial charge in [-0.1, -0.05) is 12.1 Å². The van der Waals surface area contributed by atoms with Crippen molar-refractivity contribution in [2.75, 3.05) is 45.9 Å². The Morgan fingerprint density at radius 3 is 2.71 bits per heavy atom.